The van der Waals surface area contributed by atoms with Crippen LogP contribution in [-0.4, -0.2) is 16.6 Å². The van der Waals surface area contributed by atoms with E-state index in [1.807, 2.05) is 0 Å². The van der Waals surface area contributed by atoms with Gasteiger partial charge < -0.3 is 4.84 Å². The van der Waals surface area contributed by atoms with Crippen LogP contribution in [-0.2, 0) is 10.3 Å². The lowest BCUT2D eigenvalue weighted by molar-refractivity contribution is 0.116. The maximum atomic E-state index is 5.96. The summed E-state index contributed by atoms with van der Waals surface area (Å²) in [5, 5.41) is 0.777. The summed E-state index contributed by atoms with van der Waals surface area (Å²) in [6.07, 6.45) is 3.25. The quantitative estimate of drug-likeness (QED) is 0.638. The predicted molar refractivity (Wildman–Crippen MR) is 53.1 cm³/mol. The molecule has 1 aliphatic rings. The largest absolute Gasteiger partial charge is 0.304 e. The molecule has 14 heavy (non-hydrogen) atoms. The average Bonchev–Trinajstić information content (AvgIpc) is 2.86. The minimum absolute atomic E-state index is 0.163. The Morgan fingerprint density at radius 3 is 2.36 bits per heavy atom. The minimum Gasteiger partial charge on any atom is -0.304 e. The molecule has 2 N–H and O–H groups in total. The Labute approximate surface area is 91.3 Å². The van der Waals surface area contributed by atoms with E-state index in [1.54, 1.807) is 0 Å². The molecule has 0 saturated heterocycles. The van der Waals surface area contributed by atoms with E-state index in [-0.39, 0.29) is 5.41 Å². The van der Waals surface area contributed by atoms with Gasteiger partial charge in [-0.15, -0.1) is 0 Å². The molecule has 1 heterocycles. The second-order valence-electron chi connectivity index (χ2n) is 3.42. The third-order valence-electron chi connectivity index (χ3n) is 2.50. The number of hydrogen-bond donors (Lipinski definition) is 1. The number of nitrogens with two attached hydrogens (primary N) is 1. The Kier molecular flexibility index (Phi) is 2.62. The maximum absolute atomic E-state index is 5.96. The lowest BCUT2D eigenvalue weighted by Gasteiger charge is -2.15. The molecule has 0 aromatic carbocycles. The van der Waals surface area contributed by atoms with Gasteiger partial charge in [0, 0.05) is 11.0 Å². The van der Waals surface area contributed by atoms with Gasteiger partial charge in [-0.1, -0.05) is 23.2 Å². The summed E-state index contributed by atoms with van der Waals surface area (Å²) in [5.74, 6) is 5.07. The van der Waals surface area contributed by atoms with Gasteiger partial charge in [0.2, 0.25) is 0 Å². The van der Waals surface area contributed by atoms with Gasteiger partial charge in [-0.3, -0.25) is 0 Å². The summed E-state index contributed by atoms with van der Waals surface area (Å²) in [4.78, 5) is 12.5. The molecule has 0 aliphatic heterocycles. The Morgan fingerprint density at radius 2 is 1.93 bits per heavy atom. The van der Waals surface area contributed by atoms with Crippen LogP contribution in [0.2, 0.25) is 10.3 Å². The van der Waals surface area contributed by atoms with Crippen LogP contribution < -0.4 is 5.90 Å². The predicted octanol–water partition coefficient (Wildman–Crippen LogP) is 1.71. The number of rotatable bonds is 3. The first kappa shape index (κ1) is 10.1. The van der Waals surface area contributed by atoms with Crippen LogP contribution in [0.3, 0.4) is 0 Å². The van der Waals surface area contributed by atoms with Crippen LogP contribution in [0.15, 0.2) is 6.33 Å². The zero-order valence-corrected chi connectivity index (χ0v) is 8.85. The molecular weight excluding hydrogens is 225 g/mol. The Bertz CT molecular complexity index is 334. The van der Waals surface area contributed by atoms with Crippen molar-refractivity contribution in [1.29, 1.82) is 0 Å². The van der Waals surface area contributed by atoms with Crippen molar-refractivity contribution in [2.45, 2.75) is 18.3 Å². The van der Waals surface area contributed by atoms with Crippen LogP contribution in [0.25, 0.3) is 0 Å². The van der Waals surface area contributed by atoms with Crippen LogP contribution in [0, 0.1) is 0 Å². The van der Waals surface area contributed by atoms with Crippen LogP contribution in [0.4, 0.5) is 0 Å². The summed E-state index contributed by atoms with van der Waals surface area (Å²) in [6, 6.07) is 0. The van der Waals surface area contributed by atoms with E-state index in [9.17, 15) is 0 Å². The molecular formula is C8H9Cl2N3O. The summed E-state index contributed by atoms with van der Waals surface area (Å²) < 4.78 is 0. The highest BCUT2D eigenvalue weighted by Gasteiger charge is 2.48. The van der Waals surface area contributed by atoms with Gasteiger partial charge in [-0.05, 0) is 12.8 Å². The molecule has 0 bridgehead atoms. The van der Waals surface area contributed by atoms with E-state index in [0.717, 1.165) is 18.4 Å². The molecule has 6 heteroatoms. The molecule has 4 nitrogen and oxygen atoms in total. The zero-order chi connectivity index (χ0) is 10.2. The Balaban J connectivity index is 2.40. The fourth-order valence-electron chi connectivity index (χ4n) is 1.56. The first-order valence-corrected chi connectivity index (χ1v) is 4.93. The minimum atomic E-state index is -0.163. The third-order valence-corrected chi connectivity index (χ3v) is 3.07. The lowest BCUT2D eigenvalue weighted by atomic mass is 10.0. The van der Waals surface area contributed by atoms with Gasteiger partial charge in [-0.25, -0.2) is 15.9 Å². The van der Waals surface area contributed by atoms with Crippen molar-refractivity contribution in [3.8, 4) is 0 Å². The van der Waals surface area contributed by atoms with Gasteiger partial charge in [0.1, 0.15) is 16.6 Å². The molecule has 1 aromatic rings. The van der Waals surface area contributed by atoms with Crippen LogP contribution in [0.1, 0.15) is 18.4 Å². The summed E-state index contributed by atoms with van der Waals surface area (Å²) in [5.41, 5.74) is 0.596. The fourth-order valence-corrected chi connectivity index (χ4v) is 2.27. The molecule has 0 unspecified atom stereocenters. The zero-order valence-electron chi connectivity index (χ0n) is 7.33. The van der Waals surface area contributed by atoms with Crippen LogP contribution in [0.5, 0.6) is 0 Å². The van der Waals surface area contributed by atoms with Crippen molar-refractivity contribution in [3.63, 3.8) is 0 Å². The summed E-state index contributed by atoms with van der Waals surface area (Å²) in [7, 11) is 0. The molecule has 0 radical (unpaired) electrons. The number of nitrogens with zero attached hydrogens (tertiary/aromatic N) is 2. The SMILES string of the molecule is NOCC1(c2c(Cl)ncnc2Cl)CC1. The van der Waals surface area contributed by atoms with E-state index in [0.29, 0.717) is 16.9 Å². The van der Waals surface area contributed by atoms with E-state index < -0.39 is 0 Å². The molecule has 1 aromatic heterocycles. The highest BCUT2D eigenvalue weighted by atomic mass is 35.5. The van der Waals surface area contributed by atoms with E-state index in [1.165, 1.54) is 6.33 Å². The van der Waals surface area contributed by atoms with Crippen molar-refractivity contribution in [2.75, 3.05) is 6.61 Å². The standard InChI is InChI=1S/C8H9Cl2N3O/c9-6-5(7(10)13-4-12-6)8(1-2-8)3-14-11/h4H,1-3,11H2. The average molecular weight is 234 g/mol. The molecule has 0 atom stereocenters. The van der Waals surface area contributed by atoms with E-state index in [4.69, 9.17) is 29.1 Å². The van der Waals surface area contributed by atoms with Crippen LogP contribution >= 0.6 is 23.2 Å². The number of hydrogen-bond acceptors (Lipinski definition) is 4. The van der Waals surface area contributed by atoms with E-state index in [2.05, 4.69) is 14.8 Å². The van der Waals surface area contributed by atoms with Gasteiger partial charge in [-0.2, -0.15) is 0 Å². The molecule has 1 aliphatic carbocycles. The number of aromatic nitrogens is 2. The topological polar surface area (TPSA) is 61.0 Å². The molecule has 2 rings (SSSR count). The van der Waals surface area contributed by atoms with Gasteiger partial charge in [0.15, 0.2) is 0 Å². The molecule has 0 amide bonds. The van der Waals surface area contributed by atoms with Gasteiger partial charge in [0.05, 0.1) is 6.61 Å². The highest BCUT2D eigenvalue weighted by Crippen LogP contribution is 2.51. The fraction of sp³-hybridized carbons (Fsp3) is 0.500. The highest BCUT2D eigenvalue weighted by molar-refractivity contribution is 6.34. The first-order chi connectivity index (χ1) is 6.69. The smallest absolute Gasteiger partial charge is 0.137 e. The second kappa shape index (κ2) is 3.62. The normalized spacial score (nSPS) is 18.2. The second-order valence-corrected chi connectivity index (χ2v) is 4.14. The van der Waals surface area contributed by atoms with Crippen molar-refractivity contribution in [1.82, 2.24) is 9.97 Å². The van der Waals surface area contributed by atoms with Gasteiger partial charge >= 0.3 is 0 Å². The lowest BCUT2D eigenvalue weighted by Crippen LogP contribution is -2.19. The maximum Gasteiger partial charge on any atom is 0.137 e. The Morgan fingerprint density at radius 1 is 1.36 bits per heavy atom. The molecule has 1 fully saturated rings. The third kappa shape index (κ3) is 1.59. The summed E-state index contributed by atoms with van der Waals surface area (Å²) in [6.45, 7) is 0.403. The first-order valence-electron chi connectivity index (χ1n) is 4.18. The number of halogens is 2. The molecule has 0 spiro atoms. The van der Waals surface area contributed by atoms with Crippen molar-refractivity contribution in [2.24, 2.45) is 5.90 Å². The van der Waals surface area contributed by atoms with Crippen molar-refractivity contribution in [3.05, 3.63) is 22.2 Å². The van der Waals surface area contributed by atoms with E-state index >= 15 is 0 Å². The molecule has 76 valence electrons. The van der Waals surface area contributed by atoms with Crippen molar-refractivity contribution >= 4 is 23.2 Å². The molecule has 1 saturated carbocycles. The van der Waals surface area contributed by atoms with Crippen molar-refractivity contribution < 1.29 is 4.84 Å². The Hall–Kier alpha value is -0.420. The van der Waals surface area contributed by atoms with Gasteiger partial charge in [0.25, 0.3) is 0 Å². The summed E-state index contributed by atoms with van der Waals surface area (Å²) >= 11 is 11.9. The monoisotopic (exact) mass is 233 g/mol.